The van der Waals surface area contributed by atoms with Crippen LogP contribution in [-0.4, -0.2) is 6.43 Å². The van der Waals surface area contributed by atoms with Crippen LogP contribution in [0.5, 0.6) is 0 Å². The fourth-order valence-corrected chi connectivity index (χ4v) is 1.15. The molecule has 0 aliphatic rings. The first-order valence-corrected chi connectivity index (χ1v) is 4.10. The highest BCUT2D eigenvalue weighted by molar-refractivity contribution is 5.85. The Morgan fingerprint density at radius 1 is 1.06 bits per heavy atom. The zero-order chi connectivity index (χ0) is 11.6. The average molecular weight is 262 g/mol. The maximum absolute atomic E-state index is 13.0. The first-order valence-electron chi connectivity index (χ1n) is 4.10. The molecule has 2 N–H and O–H groups in total. The van der Waals surface area contributed by atoms with Gasteiger partial charge in [-0.2, -0.15) is 0 Å². The highest BCUT2D eigenvalue weighted by Gasteiger charge is 2.20. The minimum Gasteiger partial charge on any atom is -0.324 e. The Hall–Kier alpha value is -0.880. The third-order valence-electron chi connectivity index (χ3n) is 1.90. The summed E-state index contributed by atoms with van der Waals surface area (Å²) in [5, 5.41) is 0. The van der Waals surface area contributed by atoms with Crippen molar-refractivity contribution in [3.63, 3.8) is 0 Å². The summed E-state index contributed by atoms with van der Waals surface area (Å²) in [6.07, 6.45) is -3.53. The molecule has 1 rings (SSSR count). The van der Waals surface area contributed by atoms with Crippen molar-refractivity contribution in [3.8, 4) is 0 Å². The van der Waals surface area contributed by atoms with Crippen LogP contribution in [0, 0.1) is 17.5 Å². The first-order chi connectivity index (χ1) is 6.93. The van der Waals surface area contributed by atoms with Gasteiger partial charge in [0.25, 0.3) is 0 Å². The van der Waals surface area contributed by atoms with E-state index < -0.39 is 41.9 Å². The fourth-order valence-electron chi connectivity index (χ4n) is 1.15. The van der Waals surface area contributed by atoms with E-state index >= 15 is 0 Å². The molecule has 1 nitrogen and oxygen atoms in total. The fraction of sp³-hybridized carbons (Fsp3) is 0.333. The van der Waals surface area contributed by atoms with Gasteiger partial charge in [0.05, 0.1) is 0 Å². The van der Waals surface area contributed by atoms with E-state index in [4.69, 9.17) is 5.73 Å². The SMILES string of the molecule is Cl.N[C@H](CC(F)F)c1ccc(F)c(F)c1F. The summed E-state index contributed by atoms with van der Waals surface area (Å²) in [4.78, 5) is 0. The second kappa shape index (κ2) is 6.00. The lowest BCUT2D eigenvalue weighted by molar-refractivity contribution is 0.128. The third-order valence-corrected chi connectivity index (χ3v) is 1.90. The maximum Gasteiger partial charge on any atom is 0.240 e. The molecule has 0 saturated heterocycles. The van der Waals surface area contributed by atoms with Crippen LogP contribution in [0.2, 0.25) is 0 Å². The Morgan fingerprint density at radius 3 is 2.12 bits per heavy atom. The molecule has 0 unspecified atom stereocenters. The molecule has 0 saturated carbocycles. The van der Waals surface area contributed by atoms with E-state index in [9.17, 15) is 22.0 Å². The monoisotopic (exact) mass is 261 g/mol. The van der Waals surface area contributed by atoms with Gasteiger partial charge in [-0.1, -0.05) is 6.07 Å². The van der Waals surface area contributed by atoms with E-state index in [0.29, 0.717) is 6.07 Å². The molecule has 0 amide bonds. The van der Waals surface area contributed by atoms with Crippen LogP contribution in [0.15, 0.2) is 12.1 Å². The molecule has 0 aromatic heterocycles. The quantitative estimate of drug-likeness (QED) is 0.656. The Balaban J connectivity index is 0.00000225. The number of halogens is 6. The number of hydrogen-bond acceptors (Lipinski definition) is 1. The molecule has 0 spiro atoms. The lowest BCUT2D eigenvalue weighted by Gasteiger charge is -2.12. The van der Waals surface area contributed by atoms with Crippen molar-refractivity contribution in [2.75, 3.05) is 0 Å². The summed E-state index contributed by atoms with van der Waals surface area (Å²) in [7, 11) is 0. The molecule has 16 heavy (non-hydrogen) atoms. The van der Waals surface area contributed by atoms with Crippen LogP contribution in [0.25, 0.3) is 0 Å². The average Bonchev–Trinajstić information content (AvgIpc) is 2.13. The molecule has 0 bridgehead atoms. The molecule has 7 heteroatoms. The molecule has 0 fully saturated rings. The Bertz CT molecular complexity index is 358. The molecule has 1 atom stereocenters. The van der Waals surface area contributed by atoms with Crippen molar-refractivity contribution in [1.29, 1.82) is 0 Å². The highest BCUT2D eigenvalue weighted by Crippen LogP contribution is 2.23. The van der Waals surface area contributed by atoms with E-state index in [1.54, 1.807) is 0 Å². The lowest BCUT2D eigenvalue weighted by Crippen LogP contribution is -2.16. The van der Waals surface area contributed by atoms with Gasteiger partial charge in [-0.25, -0.2) is 22.0 Å². The Kier molecular flexibility index (Phi) is 5.67. The summed E-state index contributed by atoms with van der Waals surface area (Å²) >= 11 is 0. The zero-order valence-corrected chi connectivity index (χ0v) is 8.71. The van der Waals surface area contributed by atoms with Crippen molar-refractivity contribution in [3.05, 3.63) is 35.1 Å². The molecule has 1 aromatic carbocycles. The Morgan fingerprint density at radius 2 is 1.62 bits per heavy atom. The van der Waals surface area contributed by atoms with E-state index in [-0.39, 0.29) is 12.4 Å². The molecule has 0 aliphatic heterocycles. The normalized spacial score (nSPS) is 12.4. The van der Waals surface area contributed by atoms with Gasteiger partial charge in [0.15, 0.2) is 17.5 Å². The van der Waals surface area contributed by atoms with Gasteiger partial charge in [0.2, 0.25) is 6.43 Å². The molecule has 1 aromatic rings. The van der Waals surface area contributed by atoms with Gasteiger partial charge in [-0.3, -0.25) is 0 Å². The van der Waals surface area contributed by atoms with Crippen LogP contribution in [0.3, 0.4) is 0 Å². The zero-order valence-electron chi connectivity index (χ0n) is 7.89. The maximum atomic E-state index is 13.0. The van der Waals surface area contributed by atoms with Crippen molar-refractivity contribution >= 4 is 12.4 Å². The van der Waals surface area contributed by atoms with E-state index in [0.717, 1.165) is 6.07 Å². The summed E-state index contributed by atoms with van der Waals surface area (Å²) < 4.78 is 62.0. The second-order valence-electron chi connectivity index (χ2n) is 3.00. The minimum atomic E-state index is -2.73. The van der Waals surface area contributed by atoms with Gasteiger partial charge < -0.3 is 5.73 Å². The highest BCUT2D eigenvalue weighted by atomic mass is 35.5. The molecule has 0 aliphatic carbocycles. The molecule has 0 radical (unpaired) electrons. The standard InChI is InChI=1S/C9H8F5N.ClH/c10-5-2-1-4(8(13)9(5)14)6(15)3-7(11)12;/h1-2,6-7H,3,15H2;1H/t6-;/m1./s1. The number of nitrogens with two attached hydrogens (primary N) is 1. The van der Waals surface area contributed by atoms with Crippen molar-refractivity contribution in [2.24, 2.45) is 5.73 Å². The number of benzene rings is 1. The number of hydrogen-bond donors (Lipinski definition) is 1. The summed E-state index contributed by atoms with van der Waals surface area (Å²) in [6, 6.07) is 0.167. The minimum absolute atomic E-state index is 0. The van der Waals surface area contributed by atoms with Crippen LogP contribution < -0.4 is 5.73 Å². The molecule has 0 heterocycles. The van der Waals surface area contributed by atoms with Crippen LogP contribution in [0.1, 0.15) is 18.0 Å². The van der Waals surface area contributed by atoms with Crippen molar-refractivity contribution in [1.82, 2.24) is 0 Å². The smallest absolute Gasteiger partial charge is 0.240 e. The van der Waals surface area contributed by atoms with Crippen molar-refractivity contribution < 1.29 is 22.0 Å². The first kappa shape index (κ1) is 15.1. The largest absolute Gasteiger partial charge is 0.324 e. The summed E-state index contributed by atoms with van der Waals surface area (Å²) in [5.74, 6) is -4.58. The Labute approximate surface area is 94.8 Å². The predicted molar refractivity (Wildman–Crippen MR) is 51.1 cm³/mol. The van der Waals surface area contributed by atoms with Gasteiger partial charge in [0.1, 0.15) is 0 Å². The van der Waals surface area contributed by atoms with Crippen LogP contribution in [0.4, 0.5) is 22.0 Å². The van der Waals surface area contributed by atoms with Gasteiger partial charge in [0, 0.05) is 18.0 Å². The summed E-state index contributed by atoms with van der Waals surface area (Å²) in [5.41, 5.74) is 4.76. The van der Waals surface area contributed by atoms with Gasteiger partial charge >= 0.3 is 0 Å². The lowest BCUT2D eigenvalue weighted by atomic mass is 10.0. The predicted octanol–water partition coefficient (Wildman–Crippen LogP) is 3.18. The number of alkyl halides is 2. The van der Waals surface area contributed by atoms with Gasteiger partial charge in [-0.05, 0) is 6.07 Å². The van der Waals surface area contributed by atoms with Gasteiger partial charge in [-0.15, -0.1) is 12.4 Å². The molecular weight excluding hydrogens is 253 g/mol. The van der Waals surface area contributed by atoms with E-state index in [1.807, 2.05) is 0 Å². The summed E-state index contributed by atoms with van der Waals surface area (Å²) in [6.45, 7) is 0. The molecule has 92 valence electrons. The second-order valence-corrected chi connectivity index (χ2v) is 3.00. The molecular formula is C9H9ClF5N. The van der Waals surface area contributed by atoms with Crippen LogP contribution in [-0.2, 0) is 0 Å². The third kappa shape index (κ3) is 3.31. The van der Waals surface area contributed by atoms with E-state index in [1.165, 1.54) is 0 Å². The van der Waals surface area contributed by atoms with Crippen LogP contribution >= 0.6 is 12.4 Å². The number of rotatable bonds is 3. The topological polar surface area (TPSA) is 26.0 Å². The van der Waals surface area contributed by atoms with Crippen molar-refractivity contribution in [2.45, 2.75) is 18.9 Å². The van der Waals surface area contributed by atoms with E-state index in [2.05, 4.69) is 0 Å².